The van der Waals surface area contributed by atoms with E-state index in [4.69, 9.17) is 18.0 Å². The second kappa shape index (κ2) is 10.7. The quantitative estimate of drug-likeness (QED) is 0.408. The predicted octanol–water partition coefficient (Wildman–Crippen LogP) is 4.22. The number of hydrogen-bond acceptors (Lipinski definition) is 5. The number of carbonyl (C=O) groups is 1. The molecule has 0 heterocycles. The molecule has 0 saturated heterocycles. The Morgan fingerprint density at radius 2 is 1.36 bits per heavy atom. The fourth-order valence-corrected chi connectivity index (χ4v) is 5.87. The average molecular weight is 369 g/mol. The van der Waals surface area contributed by atoms with Crippen molar-refractivity contribution >= 4 is 14.8 Å². The van der Waals surface area contributed by atoms with Crippen LogP contribution in [0, 0.1) is 0 Å². The Labute approximate surface area is 153 Å². The highest BCUT2D eigenvalue weighted by molar-refractivity contribution is 6.63. The Morgan fingerprint density at radius 1 is 0.920 bits per heavy atom. The highest BCUT2D eigenvalue weighted by Crippen LogP contribution is 2.38. The molecule has 25 heavy (non-hydrogen) atoms. The third-order valence-electron chi connectivity index (χ3n) is 3.75. The third kappa shape index (κ3) is 5.64. The monoisotopic (exact) mass is 368 g/mol. The fraction of sp³-hybridized carbons (Fsp3) is 0.632. The molecule has 5 nitrogen and oxygen atoms in total. The third-order valence-corrected chi connectivity index (χ3v) is 7.06. The minimum atomic E-state index is -3.36. The standard InChI is InChI=1S/C19H32O5Si/c1-6-14-21-25(22-15-7-2,23-16-8-3)19(5,24-17(4)20)18-12-10-9-11-13-18/h9-13H,6-8,14-16H2,1-5H3. The molecule has 142 valence electrons. The van der Waals surface area contributed by atoms with E-state index in [0.717, 1.165) is 24.8 Å². The van der Waals surface area contributed by atoms with Gasteiger partial charge in [0, 0.05) is 26.7 Å². The van der Waals surface area contributed by atoms with Crippen LogP contribution in [0.2, 0.25) is 0 Å². The predicted molar refractivity (Wildman–Crippen MR) is 100 cm³/mol. The lowest BCUT2D eigenvalue weighted by atomic mass is 10.1. The van der Waals surface area contributed by atoms with Gasteiger partial charge in [0.2, 0.25) is 5.22 Å². The van der Waals surface area contributed by atoms with Gasteiger partial charge in [-0.3, -0.25) is 4.79 Å². The van der Waals surface area contributed by atoms with Crippen LogP contribution in [-0.2, 0) is 28.0 Å². The molecule has 0 aliphatic rings. The molecule has 1 unspecified atom stereocenters. The summed E-state index contributed by atoms with van der Waals surface area (Å²) in [6.45, 7) is 10.8. The van der Waals surface area contributed by atoms with Crippen molar-refractivity contribution in [3.05, 3.63) is 35.9 Å². The molecule has 0 N–H and O–H groups in total. The Morgan fingerprint density at radius 3 is 1.72 bits per heavy atom. The van der Waals surface area contributed by atoms with Crippen molar-refractivity contribution in [2.45, 2.75) is 59.1 Å². The number of rotatable bonds is 12. The lowest BCUT2D eigenvalue weighted by molar-refractivity contribution is -0.156. The van der Waals surface area contributed by atoms with Crippen molar-refractivity contribution in [3.63, 3.8) is 0 Å². The highest BCUT2D eigenvalue weighted by Gasteiger charge is 2.62. The molecule has 0 fully saturated rings. The fourth-order valence-electron chi connectivity index (χ4n) is 2.59. The average Bonchev–Trinajstić information content (AvgIpc) is 2.61. The first-order chi connectivity index (χ1) is 12.0. The second-order valence-corrected chi connectivity index (χ2v) is 9.03. The first-order valence-corrected chi connectivity index (χ1v) is 10.8. The first-order valence-electron chi connectivity index (χ1n) is 9.12. The van der Waals surface area contributed by atoms with Crippen molar-refractivity contribution in [2.24, 2.45) is 0 Å². The van der Waals surface area contributed by atoms with Gasteiger partial charge in [0.25, 0.3) is 0 Å². The van der Waals surface area contributed by atoms with E-state index in [9.17, 15) is 4.79 Å². The van der Waals surface area contributed by atoms with E-state index >= 15 is 0 Å². The van der Waals surface area contributed by atoms with Crippen molar-refractivity contribution in [1.29, 1.82) is 0 Å². The highest BCUT2D eigenvalue weighted by atomic mass is 28.4. The number of ether oxygens (including phenoxy) is 1. The Hall–Kier alpha value is -1.21. The van der Waals surface area contributed by atoms with Crippen molar-refractivity contribution in [1.82, 2.24) is 0 Å². The maximum Gasteiger partial charge on any atom is 0.552 e. The van der Waals surface area contributed by atoms with Crippen molar-refractivity contribution < 1.29 is 22.8 Å². The molecular weight excluding hydrogens is 336 g/mol. The number of benzene rings is 1. The smallest absolute Gasteiger partial charge is 0.450 e. The van der Waals surface area contributed by atoms with E-state index in [1.165, 1.54) is 6.92 Å². The summed E-state index contributed by atoms with van der Waals surface area (Å²) in [6.07, 6.45) is 2.47. The van der Waals surface area contributed by atoms with E-state index in [0.29, 0.717) is 19.8 Å². The summed E-state index contributed by atoms with van der Waals surface area (Å²) in [5.74, 6) is -0.386. The summed E-state index contributed by atoms with van der Waals surface area (Å²) in [5.41, 5.74) is 0.820. The molecule has 0 spiro atoms. The minimum Gasteiger partial charge on any atom is -0.450 e. The summed E-state index contributed by atoms with van der Waals surface area (Å²) in [4.78, 5) is 11.9. The van der Waals surface area contributed by atoms with Gasteiger partial charge in [-0.15, -0.1) is 0 Å². The van der Waals surface area contributed by atoms with E-state index in [2.05, 4.69) is 0 Å². The molecule has 0 radical (unpaired) electrons. The zero-order valence-corrected chi connectivity index (χ0v) is 17.2. The summed E-state index contributed by atoms with van der Waals surface area (Å²) >= 11 is 0. The summed E-state index contributed by atoms with van der Waals surface area (Å²) in [6, 6.07) is 9.59. The molecule has 0 amide bonds. The molecule has 1 aromatic rings. The van der Waals surface area contributed by atoms with Gasteiger partial charge in [-0.2, -0.15) is 0 Å². The number of carbonyl (C=O) groups excluding carboxylic acids is 1. The minimum absolute atomic E-state index is 0.386. The molecule has 0 aromatic heterocycles. The van der Waals surface area contributed by atoms with Gasteiger partial charge in [0.15, 0.2) is 0 Å². The normalized spacial score (nSPS) is 14.1. The van der Waals surface area contributed by atoms with Crippen LogP contribution in [-0.4, -0.2) is 34.6 Å². The van der Waals surface area contributed by atoms with Crippen LogP contribution in [0.1, 0.15) is 59.4 Å². The molecule has 1 rings (SSSR count). The molecule has 0 aliphatic heterocycles. The molecule has 0 aliphatic carbocycles. The summed E-state index contributed by atoms with van der Waals surface area (Å²) in [7, 11) is -3.36. The van der Waals surface area contributed by atoms with Crippen LogP contribution in [0.4, 0.5) is 0 Å². The number of esters is 1. The zero-order valence-electron chi connectivity index (χ0n) is 16.2. The zero-order chi connectivity index (χ0) is 18.8. The van der Waals surface area contributed by atoms with E-state index in [1.54, 1.807) is 0 Å². The Bertz CT molecular complexity index is 486. The van der Waals surface area contributed by atoms with Gasteiger partial charge in [-0.25, -0.2) is 0 Å². The Kier molecular flexibility index (Phi) is 9.35. The van der Waals surface area contributed by atoms with E-state index in [1.807, 2.05) is 58.0 Å². The summed E-state index contributed by atoms with van der Waals surface area (Å²) in [5, 5.41) is -1.10. The van der Waals surface area contributed by atoms with Crippen LogP contribution in [0.5, 0.6) is 0 Å². The van der Waals surface area contributed by atoms with Gasteiger partial charge in [0.05, 0.1) is 0 Å². The van der Waals surface area contributed by atoms with Gasteiger partial charge in [-0.1, -0.05) is 51.1 Å². The molecular formula is C19H32O5Si. The maximum atomic E-state index is 11.9. The lowest BCUT2D eigenvalue weighted by Crippen LogP contribution is -2.64. The molecule has 1 aromatic carbocycles. The Balaban J connectivity index is 3.44. The van der Waals surface area contributed by atoms with Gasteiger partial charge >= 0.3 is 14.8 Å². The maximum absolute atomic E-state index is 11.9. The van der Waals surface area contributed by atoms with Crippen LogP contribution < -0.4 is 0 Å². The molecule has 0 bridgehead atoms. The van der Waals surface area contributed by atoms with Crippen LogP contribution in [0.25, 0.3) is 0 Å². The molecule has 6 heteroatoms. The van der Waals surface area contributed by atoms with Gasteiger partial charge in [0.1, 0.15) is 0 Å². The van der Waals surface area contributed by atoms with Crippen LogP contribution >= 0.6 is 0 Å². The van der Waals surface area contributed by atoms with E-state index in [-0.39, 0.29) is 5.97 Å². The second-order valence-electron chi connectivity index (χ2n) is 6.09. The van der Waals surface area contributed by atoms with Gasteiger partial charge in [-0.05, 0) is 31.7 Å². The summed E-state index contributed by atoms with van der Waals surface area (Å²) < 4.78 is 24.5. The first kappa shape index (κ1) is 21.8. The van der Waals surface area contributed by atoms with Crippen molar-refractivity contribution in [3.8, 4) is 0 Å². The van der Waals surface area contributed by atoms with Crippen LogP contribution in [0.3, 0.4) is 0 Å². The van der Waals surface area contributed by atoms with Gasteiger partial charge < -0.3 is 18.0 Å². The van der Waals surface area contributed by atoms with E-state index < -0.39 is 14.0 Å². The lowest BCUT2D eigenvalue weighted by Gasteiger charge is -2.42. The molecule has 0 saturated carbocycles. The number of hydrogen-bond donors (Lipinski definition) is 0. The molecule has 1 atom stereocenters. The SMILES string of the molecule is CCCO[Si](OCCC)(OCCC)C(C)(OC(C)=O)c1ccccc1. The largest absolute Gasteiger partial charge is 0.552 e. The topological polar surface area (TPSA) is 54.0 Å². The van der Waals surface area contributed by atoms with Crippen LogP contribution in [0.15, 0.2) is 30.3 Å². The van der Waals surface area contributed by atoms with Crippen molar-refractivity contribution in [2.75, 3.05) is 19.8 Å².